The Balaban J connectivity index is 1.21. The molecule has 7 heteroatoms. The molecule has 0 atom stereocenters. The molecule has 2 heterocycles. The van der Waals surface area contributed by atoms with Crippen molar-refractivity contribution in [3.63, 3.8) is 0 Å². The predicted octanol–water partition coefficient (Wildman–Crippen LogP) is 6.91. The Morgan fingerprint density at radius 2 is 1.50 bits per heavy atom. The summed E-state index contributed by atoms with van der Waals surface area (Å²) in [5, 5.41) is 15.4. The average molecular weight is 523 g/mol. The molecule has 0 aliphatic heterocycles. The highest BCUT2D eigenvalue weighted by Gasteiger charge is 2.15. The first-order chi connectivity index (χ1) is 19.5. The molecule has 0 aliphatic carbocycles. The summed E-state index contributed by atoms with van der Waals surface area (Å²) in [7, 11) is 0. The summed E-state index contributed by atoms with van der Waals surface area (Å²) in [4.78, 5) is 27.6. The van der Waals surface area contributed by atoms with Crippen LogP contribution in [0.5, 0.6) is 0 Å². The first-order valence-electron chi connectivity index (χ1n) is 12.8. The third kappa shape index (κ3) is 4.10. The van der Waals surface area contributed by atoms with Gasteiger partial charge in [-0.05, 0) is 65.9 Å². The lowest BCUT2D eigenvalue weighted by atomic mass is 10.0. The zero-order valence-corrected chi connectivity index (χ0v) is 21.5. The normalized spacial score (nSPS) is 11.3. The molecular weight excluding hydrogens is 500 g/mol. The lowest BCUT2D eigenvalue weighted by Gasteiger charge is -2.09. The van der Waals surface area contributed by atoms with Crippen LogP contribution in [-0.2, 0) is 0 Å². The van der Waals surface area contributed by atoms with Gasteiger partial charge in [0.1, 0.15) is 16.6 Å². The van der Waals surface area contributed by atoms with Gasteiger partial charge in [0, 0.05) is 22.0 Å². The molecule has 0 bridgehead atoms. The second kappa shape index (κ2) is 9.32. The Morgan fingerprint density at radius 3 is 2.38 bits per heavy atom. The number of rotatable bonds is 4. The number of benzene rings is 5. The van der Waals surface area contributed by atoms with Crippen molar-refractivity contribution in [1.82, 2.24) is 15.0 Å². The summed E-state index contributed by atoms with van der Waals surface area (Å²) in [5.74, 6) is -0.295. The number of fused-ring (bicyclic) bond motifs is 3. The summed E-state index contributed by atoms with van der Waals surface area (Å²) >= 11 is 0. The minimum atomic E-state index is -0.452. The summed E-state index contributed by atoms with van der Waals surface area (Å²) in [6.07, 6.45) is 0. The van der Waals surface area contributed by atoms with Gasteiger partial charge in [-0.15, -0.1) is 15.0 Å². The van der Waals surface area contributed by atoms with Crippen molar-refractivity contribution >= 4 is 44.4 Å². The molecule has 1 N–H and O–H groups in total. The number of nitrogens with zero attached hydrogens (tertiary/aromatic N) is 3. The Morgan fingerprint density at radius 1 is 0.775 bits per heavy atom. The SMILES string of the molecule is Cc1cc2nn(-c3cccc4ccccc34)nc2cc1NC(=O)c1cccc(-c2cc3ccccc3oc2=O)c1. The number of carbonyl (C=O) groups excluding carboxylic acids is 1. The fourth-order valence-corrected chi connectivity index (χ4v) is 4.98. The monoisotopic (exact) mass is 522 g/mol. The number of hydrogen-bond acceptors (Lipinski definition) is 5. The van der Waals surface area contributed by atoms with Crippen molar-refractivity contribution in [2.24, 2.45) is 0 Å². The zero-order chi connectivity index (χ0) is 27.2. The van der Waals surface area contributed by atoms with Gasteiger partial charge in [-0.1, -0.05) is 66.7 Å². The van der Waals surface area contributed by atoms with Gasteiger partial charge in [-0.3, -0.25) is 4.79 Å². The van der Waals surface area contributed by atoms with E-state index in [0.717, 1.165) is 32.9 Å². The molecule has 1 amide bonds. The number of anilines is 1. The van der Waals surface area contributed by atoms with Gasteiger partial charge in [-0.25, -0.2) is 4.79 Å². The van der Waals surface area contributed by atoms with Crippen LogP contribution in [0, 0.1) is 6.92 Å². The fraction of sp³-hybridized carbons (Fsp3) is 0.0303. The van der Waals surface area contributed by atoms with Crippen LogP contribution in [0.3, 0.4) is 0 Å². The van der Waals surface area contributed by atoms with Crippen LogP contribution >= 0.6 is 0 Å². The molecule has 0 radical (unpaired) electrons. The van der Waals surface area contributed by atoms with Crippen molar-refractivity contribution in [3.05, 3.63) is 131 Å². The molecule has 0 aliphatic rings. The quantitative estimate of drug-likeness (QED) is 0.254. The summed E-state index contributed by atoms with van der Waals surface area (Å²) < 4.78 is 5.49. The number of aryl methyl sites for hydroxylation is 1. The minimum Gasteiger partial charge on any atom is -0.422 e. The lowest BCUT2D eigenvalue weighted by molar-refractivity contribution is 0.102. The molecule has 0 saturated heterocycles. The van der Waals surface area contributed by atoms with Gasteiger partial charge in [0.05, 0.1) is 11.3 Å². The largest absolute Gasteiger partial charge is 0.422 e. The Kier molecular flexibility index (Phi) is 5.49. The van der Waals surface area contributed by atoms with E-state index in [4.69, 9.17) is 14.6 Å². The second-order valence-electron chi connectivity index (χ2n) is 9.66. The maximum atomic E-state index is 13.3. The van der Waals surface area contributed by atoms with Crippen molar-refractivity contribution in [2.45, 2.75) is 6.92 Å². The third-order valence-corrected chi connectivity index (χ3v) is 7.03. The summed E-state index contributed by atoms with van der Waals surface area (Å²) in [6.45, 7) is 1.92. The molecule has 2 aromatic heterocycles. The van der Waals surface area contributed by atoms with Crippen molar-refractivity contribution in [3.8, 4) is 16.8 Å². The Labute approximate surface area is 228 Å². The first kappa shape index (κ1) is 23.5. The van der Waals surface area contributed by atoms with Crippen LogP contribution in [-0.4, -0.2) is 20.9 Å². The standard InChI is InChI=1S/C33H22N4O3/c1-20-16-28-29(36-37(35-28)30-14-7-10-21-8-2-4-13-25(21)30)19-27(20)34-32(38)24-12-6-11-22(17-24)26-18-23-9-3-5-15-31(23)40-33(26)39/h2-19H,1H3,(H,34,38). The van der Waals surface area contributed by atoms with E-state index in [-0.39, 0.29) is 5.91 Å². The van der Waals surface area contributed by atoms with Crippen LogP contribution in [0.25, 0.3) is 49.6 Å². The maximum absolute atomic E-state index is 13.3. The van der Waals surface area contributed by atoms with Gasteiger partial charge < -0.3 is 9.73 Å². The van der Waals surface area contributed by atoms with E-state index in [2.05, 4.69) is 17.4 Å². The number of hydrogen-bond donors (Lipinski definition) is 1. The molecular formula is C33H22N4O3. The highest BCUT2D eigenvalue weighted by atomic mass is 16.4. The van der Waals surface area contributed by atoms with E-state index in [1.54, 1.807) is 41.2 Å². The second-order valence-corrected chi connectivity index (χ2v) is 9.66. The Bertz CT molecular complexity index is 2150. The molecule has 0 saturated carbocycles. The van der Waals surface area contributed by atoms with Gasteiger partial charge in [0.25, 0.3) is 5.91 Å². The summed E-state index contributed by atoms with van der Waals surface area (Å²) in [5.41, 5.74) is 5.27. The Hall–Kier alpha value is -5.56. The fourth-order valence-electron chi connectivity index (χ4n) is 4.98. The predicted molar refractivity (Wildman–Crippen MR) is 157 cm³/mol. The van der Waals surface area contributed by atoms with Crippen LogP contribution in [0.1, 0.15) is 15.9 Å². The molecule has 0 spiro atoms. The van der Waals surface area contributed by atoms with Crippen LogP contribution in [0.15, 0.2) is 118 Å². The number of para-hydroxylation sites is 1. The van der Waals surface area contributed by atoms with E-state index in [1.165, 1.54) is 0 Å². The van der Waals surface area contributed by atoms with Gasteiger partial charge in [-0.2, -0.15) is 0 Å². The van der Waals surface area contributed by atoms with Crippen molar-refractivity contribution in [1.29, 1.82) is 0 Å². The topological polar surface area (TPSA) is 90.0 Å². The van der Waals surface area contributed by atoms with Crippen LogP contribution < -0.4 is 10.9 Å². The van der Waals surface area contributed by atoms with E-state index in [9.17, 15) is 9.59 Å². The smallest absolute Gasteiger partial charge is 0.344 e. The maximum Gasteiger partial charge on any atom is 0.344 e. The highest BCUT2D eigenvalue weighted by molar-refractivity contribution is 6.06. The first-order valence-corrected chi connectivity index (χ1v) is 12.8. The third-order valence-electron chi connectivity index (χ3n) is 7.03. The van der Waals surface area contributed by atoms with Crippen LogP contribution in [0.2, 0.25) is 0 Å². The molecule has 7 aromatic rings. The van der Waals surface area contributed by atoms with Crippen molar-refractivity contribution < 1.29 is 9.21 Å². The van der Waals surface area contributed by atoms with Crippen LogP contribution in [0.4, 0.5) is 5.69 Å². The molecule has 40 heavy (non-hydrogen) atoms. The van der Waals surface area contributed by atoms with Gasteiger partial charge in [0.2, 0.25) is 0 Å². The molecule has 0 unspecified atom stereocenters. The molecule has 5 aromatic carbocycles. The van der Waals surface area contributed by atoms with E-state index < -0.39 is 5.63 Å². The van der Waals surface area contributed by atoms with E-state index in [1.807, 2.05) is 67.6 Å². The number of amides is 1. The molecule has 7 nitrogen and oxygen atoms in total. The zero-order valence-electron chi connectivity index (χ0n) is 21.5. The van der Waals surface area contributed by atoms with E-state index in [0.29, 0.717) is 33.5 Å². The van der Waals surface area contributed by atoms with Gasteiger partial charge in [0.15, 0.2) is 0 Å². The van der Waals surface area contributed by atoms with E-state index >= 15 is 0 Å². The molecule has 7 rings (SSSR count). The number of aromatic nitrogens is 3. The lowest BCUT2D eigenvalue weighted by Crippen LogP contribution is -2.13. The molecule has 0 fully saturated rings. The van der Waals surface area contributed by atoms with Crippen molar-refractivity contribution in [2.75, 3.05) is 5.32 Å². The molecule has 192 valence electrons. The number of carbonyl (C=O) groups is 1. The average Bonchev–Trinajstić information content (AvgIpc) is 3.39. The summed E-state index contributed by atoms with van der Waals surface area (Å²) in [6, 6.07) is 34.0. The van der Waals surface area contributed by atoms with Gasteiger partial charge >= 0.3 is 5.63 Å². The highest BCUT2D eigenvalue weighted by Crippen LogP contribution is 2.27. The minimum absolute atomic E-state index is 0.295. The number of nitrogens with one attached hydrogen (secondary N) is 1.